The van der Waals surface area contributed by atoms with Crippen LogP contribution in [-0.4, -0.2) is 23.3 Å². The molecule has 0 aliphatic carbocycles. The maximum Gasteiger partial charge on any atom is 0.317 e. The van der Waals surface area contributed by atoms with E-state index in [4.69, 9.17) is 0 Å². The predicted molar refractivity (Wildman–Crippen MR) is 88.8 cm³/mol. The highest BCUT2D eigenvalue weighted by molar-refractivity contribution is 7.85. The molecule has 5 heteroatoms. The molecule has 0 aliphatic heterocycles. The first-order valence-corrected chi connectivity index (χ1v) is 9.35. The maximum atomic E-state index is 11.4. The lowest BCUT2D eigenvalue weighted by Gasteiger charge is -2.25. The summed E-state index contributed by atoms with van der Waals surface area (Å²) in [6.45, 7) is 6.21. The average Bonchev–Trinajstić information content (AvgIpc) is 2.38. The zero-order chi connectivity index (χ0) is 16.2. The highest BCUT2D eigenvalue weighted by atomic mass is 32.2. The summed E-state index contributed by atoms with van der Waals surface area (Å²) in [5.74, 6) is -0.367. The first-order valence-electron chi connectivity index (χ1n) is 7.74. The number of hydrogen-bond acceptors (Lipinski definition) is 2. The predicted octanol–water partition coefficient (Wildman–Crippen LogP) is 4.59. The monoisotopic (exact) mass is 316 g/mol. The van der Waals surface area contributed by atoms with Crippen molar-refractivity contribution >= 4 is 10.1 Å². The van der Waals surface area contributed by atoms with Crippen LogP contribution in [-0.2, 0) is 10.1 Å². The first-order chi connectivity index (χ1) is 9.89. The lowest BCUT2D eigenvalue weighted by atomic mass is 10.3. The van der Waals surface area contributed by atoms with Gasteiger partial charge in [0.25, 0.3) is 0 Å². The molecule has 0 unspecified atom stereocenters. The number of hydrogen-bond donors (Lipinski definition) is 1. The summed E-state index contributed by atoms with van der Waals surface area (Å²) in [5, 5.41) is 0. The molecule has 0 atom stereocenters. The zero-order valence-corrected chi connectivity index (χ0v) is 14.3. The van der Waals surface area contributed by atoms with Crippen LogP contribution in [0, 0.1) is 0 Å². The maximum absolute atomic E-state index is 11.4. The van der Waals surface area contributed by atoms with Gasteiger partial charge in [0.05, 0.1) is 0 Å². The van der Waals surface area contributed by atoms with E-state index in [0.717, 1.165) is 38.5 Å². The summed E-state index contributed by atoms with van der Waals surface area (Å²) in [6, 6.07) is 0. The summed E-state index contributed by atoms with van der Waals surface area (Å²) in [4.78, 5) is 0. The second-order valence-electron chi connectivity index (χ2n) is 5.23. The molecule has 0 heterocycles. The third kappa shape index (κ3) is 10.5. The van der Waals surface area contributed by atoms with E-state index >= 15 is 0 Å². The van der Waals surface area contributed by atoms with Gasteiger partial charge in [-0.25, -0.2) is 4.48 Å². The van der Waals surface area contributed by atoms with Crippen molar-refractivity contribution in [2.24, 2.45) is 0 Å². The normalized spacial score (nSPS) is 13.9. The molecule has 0 aliphatic rings. The largest absolute Gasteiger partial charge is 0.317 e. The number of nitrogens with zero attached hydrogens (tertiary/aromatic N) is 1. The van der Waals surface area contributed by atoms with Gasteiger partial charge in [-0.1, -0.05) is 40.0 Å². The van der Waals surface area contributed by atoms with Crippen LogP contribution in [0.25, 0.3) is 0 Å². The molecule has 0 radical (unpaired) electrons. The molecule has 0 aromatic rings. The van der Waals surface area contributed by atoms with Gasteiger partial charge in [0.2, 0.25) is 5.88 Å². The van der Waals surface area contributed by atoms with Crippen LogP contribution in [0.5, 0.6) is 0 Å². The van der Waals surface area contributed by atoms with E-state index in [0.29, 0.717) is 0 Å². The van der Waals surface area contributed by atoms with Crippen LogP contribution in [0.15, 0.2) is 36.8 Å². The topological polar surface area (TPSA) is 54.4 Å². The van der Waals surface area contributed by atoms with E-state index in [1.807, 2.05) is 36.8 Å². The van der Waals surface area contributed by atoms with Gasteiger partial charge in [-0.15, -0.1) is 0 Å². The Bertz CT molecular complexity index is 409. The first kappa shape index (κ1) is 20.1. The number of allylic oxidation sites excluding steroid dienone is 3. The quantitative estimate of drug-likeness (QED) is 0.448. The van der Waals surface area contributed by atoms with Crippen LogP contribution in [0.4, 0.5) is 0 Å². The Morgan fingerprint density at radius 2 is 1.14 bits per heavy atom. The molecule has 0 amide bonds. The van der Waals surface area contributed by atoms with E-state index in [1.165, 1.54) is 0 Å². The third-order valence-electron chi connectivity index (χ3n) is 2.90. The van der Waals surface area contributed by atoms with Gasteiger partial charge in [0, 0.05) is 0 Å². The van der Waals surface area contributed by atoms with Gasteiger partial charge in [0.15, 0.2) is 0 Å². The third-order valence-corrected chi connectivity index (χ3v) is 3.68. The van der Waals surface area contributed by atoms with E-state index in [1.54, 1.807) is 0 Å². The second kappa shape index (κ2) is 10.8. The Balaban J connectivity index is 5.45. The van der Waals surface area contributed by atoms with Crippen molar-refractivity contribution in [2.75, 3.05) is 5.88 Å². The molecular weight excluding hydrogens is 286 g/mol. The smallest absolute Gasteiger partial charge is 0.281 e. The van der Waals surface area contributed by atoms with E-state index in [9.17, 15) is 13.0 Å². The molecule has 0 spiro atoms. The molecule has 4 nitrogen and oxygen atoms in total. The fourth-order valence-electron chi connectivity index (χ4n) is 1.87. The van der Waals surface area contributed by atoms with Crippen LogP contribution >= 0.6 is 0 Å². The molecule has 0 saturated heterocycles. The van der Waals surface area contributed by atoms with Crippen molar-refractivity contribution in [3.05, 3.63) is 36.8 Å². The average molecular weight is 316 g/mol. The lowest BCUT2D eigenvalue weighted by molar-refractivity contribution is -0.760. The van der Waals surface area contributed by atoms with Crippen LogP contribution in [0.3, 0.4) is 0 Å². The standard InChI is InChI=1S/C16H29NO3S/c1-4-7-10-13-17(14-11-8-5-2,15-12-9-6-3)16-21(18,19)20/h10-15H,4-9,16H2,1-3H3/p+1/b13-10+,14-11+,15-12+. The summed E-state index contributed by atoms with van der Waals surface area (Å²) in [5.41, 5.74) is 0. The van der Waals surface area contributed by atoms with Crippen molar-refractivity contribution < 1.29 is 17.5 Å². The van der Waals surface area contributed by atoms with Gasteiger partial charge < -0.3 is 0 Å². The van der Waals surface area contributed by atoms with Crippen molar-refractivity contribution in [1.82, 2.24) is 0 Å². The molecule has 0 fully saturated rings. The highest BCUT2D eigenvalue weighted by Gasteiger charge is 2.26. The Hall–Kier alpha value is -0.910. The van der Waals surface area contributed by atoms with Gasteiger partial charge in [-0.05, 0) is 37.5 Å². The van der Waals surface area contributed by atoms with Gasteiger partial charge in [-0.2, -0.15) is 8.42 Å². The molecule has 122 valence electrons. The van der Waals surface area contributed by atoms with Crippen molar-refractivity contribution in [1.29, 1.82) is 0 Å². The van der Waals surface area contributed by atoms with Gasteiger partial charge >= 0.3 is 10.1 Å². The summed E-state index contributed by atoms with van der Waals surface area (Å²) < 4.78 is 32.1. The Kier molecular flexibility index (Phi) is 10.3. The van der Waals surface area contributed by atoms with Crippen LogP contribution in [0.1, 0.15) is 59.3 Å². The van der Waals surface area contributed by atoms with Crippen molar-refractivity contribution in [2.45, 2.75) is 59.3 Å². The number of unbranched alkanes of at least 4 members (excludes halogenated alkanes) is 3. The van der Waals surface area contributed by atoms with Gasteiger partial charge in [0.1, 0.15) is 18.6 Å². The Morgan fingerprint density at radius 3 is 1.38 bits per heavy atom. The molecule has 21 heavy (non-hydrogen) atoms. The van der Waals surface area contributed by atoms with Crippen molar-refractivity contribution in [3.8, 4) is 0 Å². The Morgan fingerprint density at radius 1 is 0.810 bits per heavy atom. The number of quaternary nitrogens is 1. The van der Waals surface area contributed by atoms with Gasteiger partial charge in [-0.3, -0.25) is 4.55 Å². The lowest BCUT2D eigenvalue weighted by Crippen LogP contribution is -2.36. The van der Waals surface area contributed by atoms with E-state index < -0.39 is 10.1 Å². The molecule has 0 bridgehead atoms. The molecule has 0 aromatic heterocycles. The second-order valence-corrected chi connectivity index (χ2v) is 6.65. The Labute approximate surface area is 130 Å². The van der Waals surface area contributed by atoms with Crippen LogP contribution in [0.2, 0.25) is 0 Å². The van der Waals surface area contributed by atoms with E-state index in [-0.39, 0.29) is 10.4 Å². The minimum Gasteiger partial charge on any atom is -0.281 e. The molecular formula is C16H30NO3S+. The molecule has 0 aromatic carbocycles. The minimum atomic E-state index is -4.07. The molecule has 0 saturated carbocycles. The van der Waals surface area contributed by atoms with Crippen molar-refractivity contribution in [3.63, 3.8) is 0 Å². The summed E-state index contributed by atoms with van der Waals surface area (Å²) >= 11 is 0. The van der Waals surface area contributed by atoms with Crippen LogP contribution < -0.4 is 0 Å². The minimum absolute atomic E-state index is 0.0127. The molecule has 1 N–H and O–H groups in total. The fraction of sp³-hybridized carbons (Fsp3) is 0.625. The highest BCUT2D eigenvalue weighted by Crippen LogP contribution is 2.16. The van der Waals surface area contributed by atoms with E-state index in [2.05, 4.69) is 20.8 Å². The summed E-state index contributed by atoms with van der Waals surface area (Å²) in [6.07, 6.45) is 17.1. The fourth-order valence-corrected chi connectivity index (χ4v) is 2.70. The zero-order valence-electron chi connectivity index (χ0n) is 13.5. The molecule has 0 rings (SSSR count). The number of rotatable bonds is 11. The summed E-state index contributed by atoms with van der Waals surface area (Å²) in [7, 11) is -4.07. The SMILES string of the molecule is CCC/C=C/[N+](/C=C/CCC)(/C=C/CCC)CS(=O)(=O)O.